The van der Waals surface area contributed by atoms with E-state index in [0.29, 0.717) is 38.0 Å². The molecular formula is C33H37N5O3S. The van der Waals surface area contributed by atoms with E-state index in [2.05, 4.69) is 39.0 Å². The fourth-order valence-electron chi connectivity index (χ4n) is 5.21. The molecule has 1 aliphatic heterocycles. The molecule has 9 heteroatoms. The van der Waals surface area contributed by atoms with Gasteiger partial charge in [-0.3, -0.25) is 14.2 Å². The molecule has 2 amide bonds. The number of thioether (sulfide) groups is 1. The van der Waals surface area contributed by atoms with Gasteiger partial charge in [-0.15, -0.1) is 10.2 Å². The van der Waals surface area contributed by atoms with E-state index in [1.54, 1.807) is 43.1 Å². The Hall–Kier alpha value is -4.11. The first kappa shape index (κ1) is 29.4. The van der Waals surface area contributed by atoms with Crippen LogP contribution in [0.15, 0.2) is 90.1 Å². The van der Waals surface area contributed by atoms with E-state index in [1.807, 2.05) is 53.1 Å². The number of piperazine rings is 1. The summed E-state index contributed by atoms with van der Waals surface area (Å²) in [5.41, 5.74) is 2.87. The molecule has 1 unspecified atom stereocenters. The lowest BCUT2D eigenvalue weighted by Gasteiger charge is -2.40. The van der Waals surface area contributed by atoms with Crippen LogP contribution in [0.3, 0.4) is 0 Å². The number of para-hydroxylation sites is 1. The van der Waals surface area contributed by atoms with Crippen molar-refractivity contribution < 1.29 is 14.3 Å². The smallest absolute Gasteiger partial charge is 0.254 e. The van der Waals surface area contributed by atoms with E-state index in [9.17, 15) is 9.59 Å². The maximum absolute atomic E-state index is 13.0. The Kier molecular flexibility index (Phi) is 9.92. The number of carbonyl (C=O) groups excluding carboxylic acids is 2. The normalized spacial score (nSPS) is 15.0. The summed E-state index contributed by atoms with van der Waals surface area (Å²) in [6, 6.07) is 27.6. The Morgan fingerprint density at radius 3 is 2.31 bits per heavy atom. The van der Waals surface area contributed by atoms with E-state index in [-0.39, 0.29) is 17.9 Å². The Morgan fingerprint density at radius 1 is 0.905 bits per heavy atom. The lowest BCUT2D eigenvalue weighted by Crippen LogP contribution is -2.55. The molecule has 0 radical (unpaired) electrons. The van der Waals surface area contributed by atoms with E-state index in [1.165, 1.54) is 5.56 Å². The molecule has 1 aromatic heterocycles. The number of nitrogens with zero attached hydrogens (tertiary/aromatic N) is 5. The fraction of sp³-hybridized carbons (Fsp3) is 0.333. The summed E-state index contributed by atoms with van der Waals surface area (Å²) < 4.78 is 7.33. The first-order chi connectivity index (χ1) is 20.5. The first-order valence-corrected chi connectivity index (χ1v) is 15.4. The van der Waals surface area contributed by atoms with Gasteiger partial charge in [0, 0.05) is 55.5 Å². The molecule has 0 N–H and O–H groups in total. The molecule has 8 nitrogen and oxygen atoms in total. The van der Waals surface area contributed by atoms with Gasteiger partial charge in [-0.05, 0) is 61.7 Å². The molecule has 0 bridgehead atoms. The maximum atomic E-state index is 13.0. The van der Waals surface area contributed by atoms with Gasteiger partial charge in [0.15, 0.2) is 5.16 Å². The van der Waals surface area contributed by atoms with Gasteiger partial charge in [0.2, 0.25) is 5.91 Å². The van der Waals surface area contributed by atoms with Gasteiger partial charge in [-0.2, -0.15) is 0 Å². The van der Waals surface area contributed by atoms with Crippen molar-refractivity contribution in [2.24, 2.45) is 0 Å². The Morgan fingerprint density at radius 2 is 1.62 bits per heavy atom. The summed E-state index contributed by atoms with van der Waals surface area (Å²) >= 11 is 1.68. The first-order valence-electron chi connectivity index (χ1n) is 14.4. The van der Waals surface area contributed by atoms with Gasteiger partial charge in [-0.25, -0.2) is 0 Å². The van der Waals surface area contributed by atoms with Crippen LogP contribution in [0.1, 0.15) is 47.9 Å². The van der Waals surface area contributed by atoms with Crippen molar-refractivity contribution in [1.29, 1.82) is 0 Å². The molecule has 1 atom stereocenters. The van der Waals surface area contributed by atoms with Crippen LogP contribution in [0.4, 0.5) is 0 Å². The summed E-state index contributed by atoms with van der Waals surface area (Å²) in [7, 11) is 1.61. The molecule has 42 heavy (non-hydrogen) atoms. The number of hydrogen-bond acceptors (Lipinski definition) is 6. The molecular weight excluding hydrogens is 546 g/mol. The molecule has 1 saturated heterocycles. The van der Waals surface area contributed by atoms with Crippen LogP contribution in [0.25, 0.3) is 5.69 Å². The zero-order valence-corrected chi connectivity index (χ0v) is 25.0. The molecule has 0 spiro atoms. The second-order valence-electron chi connectivity index (χ2n) is 10.5. The van der Waals surface area contributed by atoms with E-state index < -0.39 is 0 Å². The predicted molar refractivity (Wildman–Crippen MR) is 165 cm³/mol. The van der Waals surface area contributed by atoms with Crippen molar-refractivity contribution in [2.75, 3.05) is 32.5 Å². The molecule has 5 rings (SSSR count). The minimum atomic E-state index is -0.0395. The molecule has 0 saturated carbocycles. The zero-order valence-electron chi connectivity index (χ0n) is 24.2. The topological polar surface area (TPSA) is 80.6 Å². The fourth-order valence-corrected chi connectivity index (χ4v) is 6.18. The van der Waals surface area contributed by atoms with E-state index in [0.717, 1.165) is 41.0 Å². The van der Waals surface area contributed by atoms with Gasteiger partial charge in [0.1, 0.15) is 11.6 Å². The number of unbranched alkanes of at least 4 members (excludes halogenated alkanes) is 1. The Balaban J connectivity index is 1.10. The van der Waals surface area contributed by atoms with Crippen molar-refractivity contribution in [3.8, 4) is 11.4 Å². The summed E-state index contributed by atoms with van der Waals surface area (Å²) in [6.07, 6.45) is 2.92. The lowest BCUT2D eigenvalue weighted by molar-refractivity contribution is -0.133. The van der Waals surface area contributed by atoms with Crippen LogP contribution in [-0.4, -0.2) is 74.9 Å². The SMILES string of the molecule is COc1ccc(C(=O)N2CCN(C(=O)CCCCSc3nnc(Cc4ccccc4)n3-c3ccccc3)CC2C)cc1. The van der Waals surface area contributed by atoms with Crippen molar-refractivity contribution in [2.45, 2.75) is 43.8 Å². The molecule has 3 aromatic carbocycles. The Bertz CT molecular complexity index is 1460. The van der Waals surface area contributed by atoms with Crippen molar-refractivity contribution in [3.63, 3.8) is 0 Å². The second-order valence-corrected chi connectivity index (χ2v) is 11.5. The third kappa shape index (κ3) is 7.20. The van der Waals surface area contributed by atoms with Crippen LogP contribution < -0.4 is 4.74 Å². The van der Waals surface area contributed by atoms with Crippen LogP contribution in [0.2, 0.25) is 0 Å². The number of amides is 2. The molecule has 1 aliphatic rings. The van der Waals surface area contributed by atoms with Gasteiger partial charge in [0.05, 0.1) is 7.11 Å². The number of hydrogen-bond donors (Lipinski definition) is 0. The van der Waals surface area contributed by atoms with Crippen LogP contribution in [-0.2, 0) is 11.2 Å². The molecule has 0 aliphatic carbocycles. The largest absolute Gasteiger partial charge is 0.497 e. The highest BCUT2D eigenvalue weighted by atomic mass is 32.2. The van der Waals surface area contributed by atoms with Gasteiger partial charge < -0.3 is 14.5 Å². The highest BCUT2D eigenvalue weighted by molar-refractivity contribution is 7.99. The van der Waals surface area contributed by atoms with Gasteiger partial charge >= 0.3 is 0 Å². The number of rotatable bonds is 11. The second kappa shape index (κ2) is 14.2. The van der Waals surface area contributed by atoms with E-state index in [4.69, 9.17) is 4.74 Å². The average molecular weight is 584 g/mol. The maximum Gasteiger partial charge on any atom is 0.254 e. The van der Waals surface area contributed by atoms with Crippen molar-refractivity contribution in [1.82, 2.24) is 24.6 Å². The Labute approximate surface area is 251 Å². The molecule has 2 heterocycles. The van der Waals surface area contributed by atoms with Crippen LogP contribution in [0.5, 0.6) is 5.75 Å². The standard InChI is InChI=1S/C33H37N5O3S/c1-25-24-36(20-21-37(25)32(40)27-16-18-29(41-2)19-17-27)31(39)15-9-10-22-42-33-35-34-30(23-26-11-5-3-6-12-26)38(33)28-13-7-4-8-14-28/h3-8,11-14,16-19,25H,9-10,15,20-24H2,1-2H3. The minimum Gasteiger partial charge on any atom is -0.497 e. The summed E-state index contributed by atoms with van der Waals surface area (Å²) in [5, 5.41) is 9.91. The number of carbonyl (C=O) groups is 2. The molecule has 1 fully saturated rings. The van der Waals surface area contributed by atoms with Crippen molar-refractivity contribution >= 4 is 23.6 Å². The number of benzene rings is 3. The van der Waals surface area contributed by atoms with Gasteiger partial charge in [0.25, 0.3) is 5.91 Å². The lowest BCUT2D eigenvalue weighted by atomic mass is 10.1. The number of methoxy groups -OCH3 is 1. The third-order valence-corrected chi connectivity index (χ3v) is 8.53. The van der Waals surface area contributed by atoms with Crippen LogP contribution in [0, 0.1) is 0 Å². The molecule has 218 valence electrons. The van der Waals surface area contributed by atoms with Crippen LogP contribution >= 0.6 is 11.8 Å². The summed E-state index contributed by atoms with van der Waals surface area (Å²) in [4.78, 5) is 29.8. The highest BCUT2D eigenvalue weighted by Gasteiger charge is 2.30. The minimum absolute atomic E-state index is 0.00967. The summed E-state index contributed by atoms with van der Waals surface area (Å²) in [5.74, 6) is 2.62. The van der Waals surface area contributed by atoms with Gasteiger partial charge in [-0.1, -0.05) is 60.3 Å². The number of ether oxygens (including phenoxy) is 1. The molecule has 4 aromatic rings. The monoisotopic (exact) mass is 583 g/mol. The predicted octanol–water partition coefficient (Wildman–Crippen LogP) is 5.50. The highest BCUT2D eigenvalue weighted by Crippen LogP contribution is 2.25. The average Bonchev–Trinajstić information content (AvgIpc) is 3.43. The van der Waals surface area contributed by atoms with Crippen molar-refractivity contribution in [3.05, 3.63) is 102 Å². The zero-order chi connectivity index (χ0) is 29.3. The quantitative estimate of drug-likeness (QED) is 0.171. The van der Waals surface area contributed by atoms with E-state index >= 15 is 0 Å². The number of aromatic nitrogens is 3. The third-order valence-electron chi connectivity index (χ3n) is 7.51. The summed E-state index contributed by atoms with van der Waals surface area (Å²) in [6.45, 7) is 3.66.